The summed E-state index contributed by atoms with van der Waals surface area (Å²) in [6, 6.07) is 14.5. The molecule has 0 aliphatic heterocycles. The molecule has 3 aromatic rings. The third-order valence-electron chi connectivity index (χ3n) is 5.22. The Morgan fingerprint density at radius 1 is 1.06 bits per heavy atom. The van der Waals surface area contributed by atoms with E-state index in [1.165, 1.54) is 4.31 Å². The minimum absolute atomic E-state index is 0.149. The van der Waals surface area contributed by atoms with Gasteiger partial charge in [-0.1, -0.05) is 55.9 Å². The molecule has 0 aliphatic rings. The van der Waals surface area contributed by atoms with Crippen LogP contribution >= 0.6 is 11.8 Å². The van der Waals surface area contributed by atoms with Crippen LogP contribution in [0.3, 0.4) is 0 Å². The van der Waals surface area contributed by atoms with Crippen molar-refractivity contribution in [3.05, 3.63) is 54.1 Å². The zero-order chi connectivity index (χ0) is 22.4. The summed E-state index contributed by atoms with van der Waals surface area (Å²) in [6.07, 6.45) is 1.25. The van der Waals surface area contributed by atoms with Crippen molar-refractivity contribution in [2.45, 2.75) is 50.2 Å². The molecule has 0 radical (unpaired) electrons. The molecule has 0 spiro atoms. The Kier molecular flexibility index (Phi) is 7.91. The van der Waals surface area contributed by atoms with Crippen molar-refractivity contribution < 1.29 is 13.2 Å². The first-order valence-electron chi connectivity index (χ1n) is 10.6. The highest BCUT2D eigenvalue weighted by atomic mass is 32.2. The molecule has 0 bridgehead atoms. The molecule has 0 saturated carbocycles. The Morgan fingerprint density at radius 3 is 2.42 bits per heavy atom. The summed E-state index contributed by atoms with van der Waals surface area (Å²) in [5.41, 5.74) is 2.34. The van der Waals surface area contributed by atoms with E-state index in [0.717, 1.165) is 35.0 Å². The fourth-order valence-electron chi connectivity index (χ4n) is 3.54. The van der Waals surface area contributed by atoms with Crippen LogP contribution < -0.4 is 0 Å². The maximum absolute atomic E-state index is 12.8. The maximum Gasteiger partial charge on any atom is 0.243 e. The second kappa shape index (κ2) is 10.4. The van der Waals surface area contributed by atoms with E-state index in [9.17, 15) is 13.2 Å². The van der Waals surface area contributed by atoms with Crippen molar-refractivity contribution in [3.8, 4) is 0 Å². The van der Waals surface area contributed by atoms with Gasteiger partial charge < -0.3 is 4.57 Å². The number of carbonyl (C=O) groups excluding carboxylic acids is 1. The molecular weight excluding hydrogens is 430 g/mol. The van der Waals surface area contributed by atoms with Crippen molar-refractivity contribution in [1.82, 2.24) is 13.9 Å². The second-order valence-corrected chi connectivity index (χ2v) is 10.1. The second-order valence-electron chi connectivity index (χ2n) is 7.12. The SMILES string of the molecule is CCN(CC)S(=O)(=O)c1ccc2c(c1)nc(SCCCC(=O)c1ccccc1)n2CC. The van der Waals surface area contributed by atoms with Gasteiger partial charge in [0.25, 0.3) is 0 Å². The summed E-state index contributed by atoms with van der Waals surface area (Å²) < 4.78 is 29.2. The minimum Gasteiger partial charge on any atom is -0.319 e. The van der Waals surface area contributed by atoms with Gasteiger partial charge in [0.1, 0.15) is 0 Å². The first-order valence-corrected chi connectivity index (χ1v) is 13.1. The summed E-state index contributed by atoms with van der Waals surface area (Å²) in [4.78, 5) is 17.2. The molecule has 166 valence electrons. The molecule has 0 unspecified atom stereocenters. The van der Waals surface area contributed by atoms with Crippen LogP contribution in [0.2, 0.25) is 0 Å². The van der Waals surface area contributed by atoms with E-state index in [0.29, 0.717) is 25.0 Å². The topological polar surface area (TPSA) is 72.3 Å². The number of Topliss-reactive ketones (excluding diaryl/α,β-unsaturated/α-hetero) is 1. The number of nitrogens with zero attached hydrogens (tertiary/aromatic N) is 3. The number of hydrogen-bond acceptors (Lipinski definition) is 5. The zero-order valence-corrected chi connectivity index (χ0v) is 19.9. The van der Waals surface area contributed by atoms with Gasteiger partial charge in [-0.05, 0) is 31.5 Å². The van der Waals surface area contributed by atoms with Crippen molar-refractivity contribution >= 4 is 38.6 Å². The van der Waals surface area contributed by atoms with E-state index in [2.05, 4.69) is 4.57 Å². The van der Waals surface area contributed by atoms with Gasteiger partial charge in [0.05, 0.1) is 15.9 Å². The molecule has 8 heteroatoms. The van der Waals surface area contributed by atoms with Crippen LogP contribution in [0.15, 0.2) is 58.6 Å². The molecule has 2 aromatic carbocycles. The Morgan fingerprint density at radius 2 is 1.77 bits per heavy atom. The lowest BCUT2D eigenvalue weighted by atomic mass is 10.1. The van der Waals surface area contributed by atoms with Gasteiger partial charge in [-0.15, -0.1) is 0 Å². The van der Waals surface area contributed by atoms with Crippen LogP contribution in [0.5, 0.6) is 0 Å². The predicted molar refractivity (Wildman–Crippen MR) is 126 cm³/mol. The van der Waals surface area contributed by atoms with Crippen LogP contribution in [0.1, 0.15) is 44.0 Å². The summed E-state index contributed by atoms with van der Waals surface area (Å²) in [5, 5.41) is 0.849. The molecule has 0 atom stereocenters. The zero-order valence-electron chi connectivity index (χ0n) is 18.2. The number of hydrogen-bond donors (Lipinski definition) is 0. The lowest BCUT2D eigenvalue weighted by molar-refractivity contribution is 0.0982. The molecule has 31 heavy (non-hydrogen) atoms. The highest BCUT2D eigenvalue weighted by molar-refractivity contribution is 7.99. The lowest BCUT2D eigenvalue weighted by Gasteiger charge is -2.18. The fraction of sp³-hybridized carbons (Fsp3) is 0.391. The number of thioether (sulfide) groups is 1. The minimum atomic E-state index is -3.52. The van der Waals surface area contributed by atoms with E-state index in [1.807, 2.05) is 57.2 Å². The van der Waals surface area contributed by atoms with E-state index >= 15 is 0 Å². The predicted octanol–water partition coefficient (Wildman–Crippen LogP) is 4.84. The molecular formula is C23H29N3O3S2. The van der Waals surface area contributed by atoms with Gasteiger partial charge in [-0.3, -0.25) is 4.79 Å². The molecule has 0 amide bonds. The van der Waals surface area contributed by atoms with Gasteiger partial charge in [0.2, 0.25) is 10.0 Å². The Balaban J connectivity index is 1.73. The maximum atomic E-state index is 12.8. The summed E-state index contributed by atoms with van der Waals surface area (Å²) in [6.45, 7) is 7.33. The van der Waals surface area contributed by atoms with E-state index in [1.54, 1.807) is 23.9 Å². The first kappa shape index (κ1) is 23.5. The summed E-state index contributed by atoms with van der Waals surface area (Å²) in [5.74, 6) is 0.920. The smallest absolute Gasteiger partial charge is 0.243 e. The lowest BCUT2D eigenvalue weighted by Crippen LogP contribution is -2.30. The molecule has 0 aliphatic carbocycles. The average molecular weight is 460 g/mol. The monoisotopic (exact) mass is 459 g/mol. The van der Waals surface area contributed by atoms with Gasteiger partial charge in [0.15, 0.2) is 10.9 Å². The van der Waals surface area contributed by atoms with Crippen LogP contribution in [0.4, 0.5) is 0 Å². The van der Waals surface area contributed by atoms with Gasteiger partial charge >= 0.3 is 0 Å². The quantitative estimate of drug-likeness (QED) is 0.233. The van der Waals surface area contributed by atoms with Crippen molar-refractivity contribution in [3.63, 3.8) is 0 Å². The number of aromatic nitrogens is 2. The number of sulfonamides is 1. The average Bonchev–Trinajstić information content (AvgIpc) is 3.14. The van der Waals surface area contributed by atoms with Crippen LogP contribution in [0.25, 0.3) is 11.0 Å². The Hall–Kier alpha value is -2.16. The molecule has 0 fully saturated rings. The van der Waals surface area contributed by atoms with E-state index in [4.69, 9.17) is 4.98 Å². The van der Waals surface area contributed by atoms with Crippen LogP contribution in [-0.4, -0.2) is 46.9 Å². The van der Waals surface area contributed by atoms with Crippen molar-refractivity contribution in [1.29, 1.82) is 0 Å². The first-order chi connectivity index (χ1) is 14.9. The summed E-state index contributed by atoms with van der Waals surface area (Å²) >= 11 is 1.60. The number of ketones is 1. The molecule has 0 saturated heterocycles. The number of benzene rings is 2. The number of rotatable bonds is 11. The largest absolute Gasteiger partial charge is 0.319 e. The highest BCUT2D eigenvalue weighted by Crippen LogP contribution is 2.28. The Labute approximate surface area is 188 Å². The normalized spacial score (nSPS) is 12.0. The van der Waals surface area contributed by atoms with Gasteiger partial charge in [-0.2, -0.15) is 4.31 Å². The molecule has 3 rings (SSSR count). The standard InChI is InChI=1S/C23H29N3O3S2/c1-4-25(5-2)31(28,29)19-14-15-21-20(17-19)24-23(26(21)6-3)30-16-10-13-22(27)18-11-8-7-9-12-18/h7-9,11-12,14-15,17H,4-6,10,13,16H2,1-3H3. The molecule has 0 N–H and O–H groups in total. The number of aryl methyl sites for hydroxylation is 1. The summed E-state index contributed by atoms with van der Waals surface area (Å²) in [7, 11) is -3.52. The van der Waals surface area contributed by atoms with Crippen LogP contribution in [-0.2, 0) is 16.6 Å². The highest BCUT2D eigenvalue weighted by Gasteiger charge is 2.23. The van der Waals surface area contributed by atoms with Crippen LogP contribution in [0, 0.1) is 0 Å². The van der Waals surface area contributed by atoms with Crippen molar-refractivity contribution in [2.75, 3.05) is 18.8 Å². The number of fused-ring (bicyclic) bond motifs is 1. The fourth-order valence-corrected chi connectivity index (χ4v) is 6.04. The van der Waals surface area contributed by atoms with E-state index < -0.39 is 10.0 Å². The van der Waals surface area contributed by atoms with E-state index in [-0.39, 0.29) is 10.7 Å². The third-order valence-corrected chi connectivity index (χ3v) is 8.33. The molecule has 6 nitrogen and oxygen atoms in total. The number of imidazole rings is 1. The Bertz CT molecular complexity index is 1140. The van der Waals surface area contributed by atoms with Crippen molar-refractivity contribution in [2.24, 2.45) is 0 Å². The third kappa shape index (κ3) is 5.19. The molecule has 1 heterocycles. The number of carbonyl (C=O) groups is 1. The van der Waals surface area contributed by atoms with Gasteiger partial charge in [0, 0.05) is 37.4 Å². The van der Waals surface area contributed by atoms with Gasteiger partial charge in [-0.25, -0.2) is 13.4 Å². The molecule has 1 aromatic heterocycles.